The number of aromatic nitrogens is 2. The van der Waals surface area contributed by atoms with Crippen molar-refractivity contribution in [1.82, 2.24) is 10.1 Å². The standard InChI is InChI=1S/C21H14F3N3O3/c22-21(23,24)14-6-3-7-15(10-14)25-19(29)11-18-26-20(30-27-18)16-8-12-4-1-2-5-13(12)9-17(16)28/h1-10,28H,11H2,(H,25,29). The molecule has 30 heavy (non-hydrogen) atoms. The Morgan fingerprint density at radius 1 is 1.03 bits per heavy atom. The number of nitrogens with zero attached hydrogens (tertiary/aromatic N) is 2. The lowest BCUT2D eigenvalue weighted by Crippen LogP contribution is -2.16. The quantitative estimate of drug-likeness (QED) is 0.502. The second-order valence-electron chi connectivity index (χ2n) is 6.54. The average molecular weight is 413 g/mol. The van der Waals surface area contributed by atoms with Crippen molar-refractivity contribution in [3.63, 3.8) is 0 Å². The zero-order chi connectivity index (χ0) is 21.3. The first kappa shape index (κ1) is 19.4. The third-order valence-electron chi connectivity index (χ3n) is 4.35. The van der Waals surface area contributed by atoms with E-state index in [2.05, 4.69) is 15.5 Å². The SMILES string of the molecule is O=C(Cc1noc(-c2cc3ccccc3cc2O)n1)Nc1cccc(C(F)(F)F)c1. The molecule has 0 saturated heterocycles. The number of phenolic OH excluding ortho intramolecular Hbond substituents is 1. The Morgan fingerprint density at radius 2 is 1.77 bits per heavy atom. The molecular weight excluding hydrogens is 399 g/mol. The van der Waals surface area contributed by atoms with Crippen LogP contribution < -0.4 is 5.32 Å². The van der Waals surface area contributed by atoms with Crippen molar-refractivity contribution in [3.05, 3.63) is 72.1 Å². The van der Waals surface area contributed by atoms with Gasteiger partial charge in [0.25, 0.3) is 5.89 Å². The van der Waals surface area contributed by atoms with Gasteiger partial charge in [0.1, 0.15) is 5.75 Å². The van der Waals surface area contributed by atoms with E-state index in [-0.39, 0.29) is 29.6 Å². The van der Waals surface area contributed by atoms with Crippen LogP contribution in [0.15, 0.2) is 65.2 Å². The summed E-state index contributed by atoms with van der Waals surface area (Å²) in [7, 11) is 0. The summed E-state index contributed by atoms with van der Waals surface area (Å²) in [5.74, 6) is -0.608. The second kappa shape index (κ2) is 7.51. The molecule has 0 spiro atoms. The summed E-state index contributed by atoms with van der Waals surface area (Å²) < 4.78 is 43.5. The van der Waals surface area contributed by atoms with Crippen LogP contribution in [0.4, 0.5) is 18.9 Å². The van der Waals surface area contributed by atoms with Crippen molar-refractivity contribution >= 4 is 22.4 Å². The van der Waals surface area contributed by atoms with E-state index in [1.54, 1.807) is 12.1 Å². The Morgan fingerprint density at radius 3 is 2.50 bits per heavy atom. The topological polar surface area (TPSA) is 88.2 Å². The fraction of sp³-hybridized carbons (Fsp3) is 0.0952. The molecule has 0 fully saturated rings. The van der Waals surface area contributed by atoms with Gasteiger partial charge in [-0.3, -0.25) is 4.79 Å². The highest BCUT2D eigenvalue weighted by Crippen LogP contribution is 2.33. The van der Waals surface area contributed by atoms with Gasteiger partial charge in [-0.25, -0.2) is 0 Å². The van der Waals surface area contributed by atoms with Crippen molar-refractivity contribution in [1.29, 1.82) is 0 Å². The Balaban J connectivity index is 1.50. The number of benzene rings is 3. The van der Waals surface area contributed by atoms with Gasteiger partial charge in [-0.05, 0) is 41.1 Å². The number of aromatic hydroxyl groups is 1. The summed E-state index contributed by atoms with van der Waals surface area (Å²) in [6, 6.07) is 14.9. The highest BCUT2D eigenvalue weighted by atomic mass is 19.4. The number of amides is 1. The number of fused-ring (bicyclic) bond motifs is 1. The second-order valence-corrected chi connectivity index (χ2v) is 6.54. The van der Waals surface area contributed by atoms with Gasteiger partial charge in [-0.1, -0.05) is 35.5 Å². The van der Waals surface area contributed by atoms with Crippen LogP contribution in [0.3, 0.4) is 0 Å². The number of carbonyl (C=O) groups excluding carboxylic acids is 1. The van der Waals surface area contributed by atoms with Crippen LogP contribution in [0.25, 0.3) is 22.2 Å². The third kappa shape index (κ3) is 4.09. The van der Waals surface area contributed by atoms with Crippen molar-refractivity contribution < 1.29 is 27.6 Å². The summed E-state index contributed by atoms with van der Waals surface area (Å²) in [5.41, 5.74) is -0.551. The largest absolute Gasteiger partial charge is 0.507 e. The molecule has 6 nitrogen and oxygen atoms in total. The van der Waals surface area contributed by atoms with Crippen molar-refractivity contribution in [2.45, 2.75) is 12.6 Å². The Bertz CT molecular complexity index is 1230. The van der Waals surface area contributed by atoms with E-state index in [1.807, 2.05) is 24.3 Å². The lowest BCUT2D eigenvalue weighted by molar-refractivity contribution is -0.137. The van der Waals surface area contributed by atoms with Gasteiger partial charge >= 0.3 is 6.18 Å². The number of carbonyl (C=O) groups is 1. The molecule has 9 heteroatoms. The van der Waals surface area contributed by atoms with Crippen LogP contribution >= 0.6 is 0 Å². The number of hydrogen-bond acceptors (Lipinski definition) is 5. The first-order valence-electron chi connectivity index (χ1n) is 8.81. The van der Waals surface area contributed by atoms with Crippen LogP contribution in [-0.4, -0.2) is 21.2 Å². The minimum absolute atomic E-state index is 0.00529. The predicted octanol–water partition coefficient (Wildman–Crippen LogP) is 4.80. The van der Waals surface area contributed by atoms with Gasteiger partial charge in [0.15, 0.2) is 5.82 Å². The zero-order valence-corrected chi connectivity index (χ0v) is 15.3. The molecule has 0 aliphatic carbocycles. The number of hydrogen-bond donors (Lipinski definition) is 2. The minimum Gasteiger partial charge on any atom is -0.507 e. The fourth-order valence-corrected chi connectivity index (χ4v) is 2.96. The van der Waals surface area contributed by atoms with E-state index in [9.17, 15) is 23.1 Å². The van der Waals surface area contributed by atoms with E-state index < -0.39 is 17.6 Å². The molecule has 0 unspecified atom stereocenters. The lowest BCUT2D eigenvalue weighted by Gasteiger charge is -2.09. The zero-order valence-electron chi connectivity index (χ0n) is 15.3. The number of phenols is 1. The summed E-state index contributed by atoms with van der Waals surface area (Å²) >= 11 is 0. The fourth-order valence-electron chi connectivity index (χ4n) is 2.96. The molecule has 3 aromatic carbocycles. The number of rotatable bonds is 4. The normalized spacial score (nSPS) is 11.6. The molecule has 1 aromatic heterocycles. The highest BCUT2D eigenvalue weighted by molar-refractivity contribution is 5.92. The van der Waals surface area contributed by atoms with Crippen molar-refractivity contribution in [3.8, 4) is 17.2 Å². The van der Waals surface area contributed by atoms with Crippen LogP contribution in [0.1, 0.15) is 11.4 Å². The van der Waals surface area contributed by atoms with Crippen LogP contribution in [0.2, 0.25) is 0 Å². The molecule has 2 N–H and O–H groups in total. The minimum atomic E-state index is -4.51. The van der Waals surface area contributed by atoms with Gasteiger partial charge in [-0.15, -0.1) is 0 Å². The maximum atomic E-state index is 12.8. The lowest BCUT2D eigenvalue weighted by atomic mass is 10.1. The molecule has 0 aliphatic heterocycles. The first-order chi connectivity index (χ1) is 14.3. The third-order valence-corrected chi connectivity index (χ3v) is 4.35. The Labute approximate surface area is 168 Å². The van der Waals surface area contributed by atoms with Crippen LogP contribution in [0.5, 0.6) is 5.75 Å². The molecule has 4 rings (SSSR count). The molecule has 1 heterocycles. The molecule has 0 radical (unpaired) electrons. The van der Waals surface area contributed by atoms with E-state index >= 15 is 0 Å². The molecule has 152 valence electrons. The maximum absolute atomic E-state index is 12.8. The summed E-state index contributed by atoms with van der Waals surface area (Å²) in [6.45, 7) is 0. The molecule has 4 aromatic rings. The van der Waals surface area contributed by atoms with Gasteiger partial charge in [0.2, 0.25) is 5.91 Å². The molecule has 0 bridgehead atoms. The van der Waals surface area contributed by atoms with Gasteiger partial charge in [-0.2, -0.15) is 18.2 Å². The smallest absolute Gasteiger partial charge is 0.416 e. The molecule has 0 aliphatic rings. The average Bonchev–Trinajstić information content (AvgIpc) is 3.15. The monoisotopic (exact) mass is 413 g/mol. The first-order valence-corrected chi connectivity index (χ1v) is 8.81. The predicted molar refractivity (Wildman–Crippen MR) is 103 cm³/mol. The summed E-state index contributed by atoms with van der Waals surface area (Å²) in [4.78, 5) is 16.3. The van der Waals surface area contributed by atoms with E-state index in [4.69, 9.17) is 4.52 Å². The van der Waals surface area contributed by atoms with Gasteiger partial charge in [0, 0.05) is 5.69 Å². The Kier molecular flexibility index (Phi) is 4.86. The van der Waals surface area contributed by atoms with Crippen LogP contribution in [-0.2, 0) is 17.4 Å². The van der Waals surface area contributed by atoms with Crippen molar-refractivity contribution in [2.24, 2.45) is 0 Å². The molecule has 0 saturated carbocycles. The van der Waals surface area contributed by atoms with Crippen LogP contribution in [0, 0.1) is 0 Å². The Hall–Kier alpha value is -3.88. The molecule has 0 atom stereocenters. The van der Waals surface area contributed by atoms with E-state index in [1.165, 1.54) is 12.1 Å². The summed E-state index contributed by atoms with van der Waals surface area (Å²) in [5, 5.41) is 18.0. The number of alkyl halides is 3. The van der Waals surface area contributed by atoms with Gasteiger partial charge in [0.05, 0.1) is 17.5 Å². The maximum Gasteiger partial charge on any atom is 0.416 e. The number of nitrogens with one attached hydrogen (secondary N) is 1. The number of anilines is 1. The van der Waals surface area contributed by atoms with E-state index in [0.717, 1.165) is 22.9 Å². The van der Waals surface area contributed by atoms with Gasteiger partial charge < -0.3 is 14.9 Å². The highest BCUT2D eigenvalue weighted by Gasteiger charge is 2.30. The number of halogens is 3. The van der Waals surface area contributed by atoms with E-state index in [0.29, 0.717) is 5.56 Å². The van der Waals surface area contributed by atoms with Crippen molar-refractivity contribution in [2.75, 3.05) is 5.32 Å². The molecule has 1 amide bonds. The molecular formula is C21H14F3N3O3. The summed E-state index contributed by atoms with van der Waals surface area (Å²) in [6.07, 6.45) is -4.82.